The van der Waals surface area contributed by atoms with E-state index in [0.717, 1.165) is 26.1 Å². The number of nitrogens with zero attached hydrogens (tertiary/aromatic N) is 5. The van der Waals surface area contributed by atoms with Crippen LogP contribution in [0, 0.1) is 0 Å². The van der Waals surface area contributed by atoms with Crippen LogP contribution in [0.4, 0.5) is 5.95 Å². The maximum atomic E-state index is 12.5. The summed E-state index contributed by atoms with van der Waals surface area (Å²) >= 11 is 1.76. The van der Waals surface area contributed by atoms with Gasteiger partial charge in [-0.2, -0.15) is 0 Å². The molecule has 2 amide bonds. The fourth-order valence-electron chi connectivity index (χ4n) is 3.60. The van der Waals surface area contributed by atoms with Crippen LogP contribution in [0.25, 0.3) is 0 Å². The fourth-order valence-corrected chi connectivity index (χ4v) is 4.49. The quantitative estimate of drug-likeness (QED) is 0.799. The number of amides is 2. The molecule has 2 aromatic heterocycles. The van der Waals surface area contributed by atoms with E-state index in [1.54, 1.807) is 29.8 Å². The van der Waals surface area contributed by atoms with E-state index in [1.807, 2.05) is 9.80 Å². The minimum atomic E-state index is 0.0604. The Morgan fingerprint density at radius 1 is 0.963 bits per heavy atom. The van der Waals surface area contributed by atoms with Crippen molar-refractivity contribution in [2.24, 2.45) is 0 Å². The van der Waals surface area contributed by atoms with Gasteiger partial charge in [0, 0.05) is 69.4 Å². The van der Waals surface area contributed by atoms with Gasteiger partial charge >= 0.3 is 0 Å². The van der Waals surface area contributed by atoms with E-state index in [-0.39, 0.29) is 18.2 Å². The third-order valence-corrected chi connectivity index (χ3v) is 6.20. The average Bonchev–Trinajstić information content (AvgIpc) is 3.20. The fraction of sp³-hybridized carbons (Fsp3) is 0.474. The van der Waals surface area contributed by atoms with Crippen LogP contribution in [0.5, 0.6) is 0 Å². The predicted octanol–water partition coefficient (Wildman–Crippen LogP) is 1.55. The highest BCUT2D eigenvalue weighted by atomic mass is 32.1. The van der Waals surface area contributed by atoms with Crippen molar-refractivity contribution in [1.29, 1.82) is 0 Å². The Kier molecular flexibility index (Phi) is 5.33. The second-order valence-corrected chi connectivity index (χ2v) is 7.85. The summed E-state index contributed by atoms with van der Waals surface area (Å²) in [5.74, 6) is 0.847. The molecule has 2 aliphatic rings. The van der Waals surface area contributed by atoms with Crippen LogP contribution in [-0.2, 0) is 22.6 Å². The van der Waals surface area contributed by atoms with Crippen molar-refractivity contribution >= 4 is 29.1 Å². The van der Waals surface area contributed by atoms with Crippen molar-refractivity contribution in [3.05, 3.63) is 40.3 Å². The highest BCUT2D eigenvalue weighted by Gasteiger charge is 2.25. The lowest BCUT2D eigenvalue weighted by atomic mass is 10.1. The van der Waals surface area contributed by atoms with Crippen LogP contribution in [0.1, 0.15) is 23.3 Å². The zero-order valence-corrected chi connectivity index (χ0v) is 16.0. The molecule has 8 heteroatoms. The Morgan fingerprint density at radius 3 is 2.41 bits per heavy atom. The third-order valence-electron chi connectivity index (χ3n) is 5.18. The minimum Gasteiger partial charge on any atom is -0.339 e. The van der Waals surface area contributed by atoms with E-state index >= 15 is 0 Å². The molecule has 0 aromatic carbocycles. The van der Waals surface area contributed by atoms with Gasteiger partial charge in [-0.05, 0) is 29.5 Å². The molecular weight excluding hydrogens is 362 g/mol. The molecule has 4 rings (SSSR count). The highest BCUT2D eigenvalue weighted by molar-refractivity contribution is 7.10. The molecule has 142 valence electrons. The van der Waals surface area contributed by atoms with Gasteiger partial charge in [-0.1, -0.05) is 0 Å². The van der Waals surface area contributed by atoms with Gasteiger partial charge in [-0.3, -0.25) is 9.59 Å². The van der Waals surface area contributed by atoms with E-state index in [9.17, 15) is 9.59 Å². The van der Waals surface area contributed by atoms with Gasteiger partial charge in [0.05, 0.1) is 0 Å². The van der Waals surface area contributed by atoms with Crippen molar-refractivity contribution in [2.45, 2.75) is 25.8 Å². The monoisotopic (exact) mass is 385 g/mol. The molecule has 0 N–H and O–H groups in total. The lowest BCUT2D eigenvalue weighted by Crippen LogP contribution is -2.49. The minimum absolute atomic E-state index is 0.0604. The first kappa shape index (κ1) is 17.9. The predicted molar refractivity (Wildman–Crippen MR) is 103 cm³/mol. The molecule has 4 heterocycles. The number of rotatable bonds is 4. The van der Waals surface area contributed by atoms with E-state index in [2.05, 4.69) is 26.3 Å². The van der Waals surface area contributed by atoms with Gasteiger partial charge < -0.3 is 14.7 Å². The summed E-state index contributed by atoms with van der Waals surface area (Å²) in [5.41, 5.74) is 1.25. The summed E-state index contributed by atoms with van der Waals surface area (Å²) in [6.45, 7) is 4.17. The Balaban J connectivity index is 1.23. The van der Waals surface area contributed by atoms with Gasteiger partial charge in [-0.15, -0.1) is 11.3 Å². The maximum absolute atomic E-state index is 12.5. The second-order valence-electron chi connectivity index (χ2n) is 6.85. The van der Waals surface area contributed by atoms with Crippen molar-refractivity contribution in [3.63, 3.8) is 0 Å². The van der Waals surface area contributed by atoms with E-state index in [0.29, 0.717) is 32.0 Å². The lowest BCUT2D eigenvalue weighted by Gasteiger charge is -2.35. The van der Waals surface area contributed by atoms with Crippen LogP contribution in [-0.4, -0.2) is 64.3 Å². The van der Waals surface area contributed by atoms with E-state index in [1.165, 1.54) is 10.4 Å². The molecule has 0 atom stereocenters. The van der Waals surface area contributed by atoms with Gasteiger partial charge in [0.25, 0.3) is 0 Å². The Bertz CT molecular complexity index is 801. The van der Waals surface area contributed by atoms with Crippen LogP contribution in [0.2, 0.25) is 0 Å². The molecule has 0 saturated carbocycles. The van der Waals surface area contributed by atoms with Crippen molar-refractivity contribution in [2.75, 3.05) is 37.6 Å². The number of hydrogen-bond acceptors (Lipinski definition) is 6. The summed E-state index contributed by atoms with van der Waals surface area (Å²) in [6.07, 6.45) is 4.96. The number of hydrogen-bond donors (Lipinski definition) is 0. The van der Waals surface area contributed by atoms with Crippen LogP contribution >= 0.6 is 11.3 Å². The number of piperazine rings is 1. The summed E-state index contributed by atoms with van der Waals surface area (Å²) < 4.78 is 0. The molecular formula is C19H23N5O2S. The molecule has 1 fully saturated rings. The SMILES string of the molecule is O=C(CCC(=O)N1CCc2sccc2C1)N1CCN(c2ncccn2)CC1. The highest BCUT2D eigenvalue weighted by Crippen LogP contribution is 2.24. The molecule has 1 saturated heterocycles. The Labute approximate surface area is 162 Å². The first-order valence-electron chi connectivity index (χ1n) is 9.33. The number of thiophene rings is 1. The summed E-state index contributed by atoms with van der Waals surface area (Å²) in [7, 11) is 0. The van der Waals surface area contributed by atoms with Gasteiger partial charge in [0.1, 0.15) is 0 Å². The first-order valence-corrected chi connectivity index (χ1v) is 10.2. The molecule has 7 nitrogen and oxygen atoms in total. The summed E-state index contributed by atoms with van der Waals surface area (Å²) in [6, 6.07) is 3.89. The molecule has 2 aromatic rings. The third kappa shape index (κ3) is 4.10. The molecule has 2 aliphatic heterocycles. The normalized spacial score (nSPS) is 17.0. The Morgan fingerprint density at radius 2 is 1.67 bits per heavy atom. The van der Waals surface area contributed by atoms with Crippen molar-refractivity contribution in [3.8, 4) is 0 Å². The molecule has 0 unspecified atom stereocenters. The molecule has 27 heavy (non-hydrogen) atoms. The van der Waals surface area contributed by atoms with Gasteiger partial charge in [0.2, 0.25) is 17.8 Å². The number of carbonyl (C=O) groups is 2. The largest absolute Gasteiger partial charge is 0.339 e. The summed E-state index contributed by atoms with van der Waals surface area (Å²) in [5, 5.41) is 2.09. The molecule has 0 bridgehead atoms. The number of carbonyl (C=O) groups excluding carboxylic acids is 2. The van der Waals surface area contributed by atoms with E-state index < -0.39 is 0 Å². The zero-order valence-electron chi connectivity index (χ0n) is 15.2. The number of anilines is 1. The smallest absolute Gasteiger partial charge is 0.225 e. The first-order chi connectivity index (χ1) is 13.2. The van der Waals surface area contributed by atoms with Gasteiger partial charge in [0.15, 0.2) is 0 Å². The lowest BCUT2D eigenvalue weighted by molar-refractivity contribution is -0.137. The van der Waals surface area contributed by atoms with Crippen LogP contribution in [0.15, 0.2) is 29.9 Å². The molecule has 0 spiro atoms. The van der Waals surface area contributed by atoms with Crippen molar-refractivity contribution in [1.82, 2.24) is 19.8 Å². The number of aromatic nitrogens is 2. The Hall–Kier alpha value is -2.48. The zero-order chi connectivity index (χ0) is 18.6. The molecule has 0 aliphatic carbocycles. The second kappa shape index (κ2) is 8.04. The van der Waals surface area contributed by atoms with E-state index in [4.69, 9.17) is 0 Å². The van der Waals surface area contributed by atoms with Crippen LogP contribution < -0.4 is 4.90 Å². The van der Waals surface area contributed by atoms with Crippen LogP contribution in [0.3, 0.4) is 0 Å². The van der Waals surface area contributed by atoms with Gasteiger partial charge in [-0.25, -0.2) is 9.97 Å². The maximum Gasteiger partial charge on any atom is 0.225 e. The van der Waals surface area contributed by atoms with Crippen molar-refractivity contribution < 1.29 is 9.59 Å². The summed E-state index contributed by atoms with van der Waals surface area (Å²) in [4.78, 5) is 40.7. The average molecular weight is 385 g/mol. The number of fused-ring (bicyclic) bond motifs is 1. The standard InChI is InChI=1S/C19H23N5O2S/c25-17(22-9-11-23(12-10-22)19-20-6-1-7-21-19)2-3-18(26)24-8-4-16-15(14-24)5-13-27-16/h1,5-7,13H,2-4,8-12,14H2. The topological polar surface area (TPSA) is 69.6 Å². The molecule has 0 radical (unpaired) electrons.